The molecule has 3 aromatic rings. The Morgan fingerprint density at radius 2 is 1.67 bits per heavy atom. The van der Waals surface area contributed by atoms with Gasteiger partial charge in [0.15, 0.2) is 0 Å². The van der Waals surface area contributed by atoms with Crippen LogP contribution in [0.3, 0.4) is 0 Å². The van der Waals surface area contributed by atoms with Crippen LogP contribution in [0.25, 0.3) is 0 Å². The van der Waals surface area contributed by atoms with E-state index in [-0.39, 0.29) is 17.2 Å². The molecular weight excluding hydrogens is 412 g/mol. The van der Waals surface area contributed by atoms with Crippen LogP contribution in [0.2, 0.25) is 0 Å². The second-order valence-electron chi connectivity index (χ2n) is 8.74. The number of hydrogen-bond acceptors (Lipinski definition) is 4. The van der Waals surface area contributed by atoms with Crippen molar-refractivity contribution in [2.75, 3.05) is 18.4 Å². The lowest BCUT2D eigenvalue weighted by atomic mass is 9.92. The molecule has 0 spiro atoms. The van der Waals surface area contributed by atoms with Gasteiger partial charge in [0.05, 0.1) is 11.6 Å². The number of nitrogens with two attached hydrogens (primary N) is 1. The van der Waals surface area contributed by atoms with Crippen LogP contribution in [0.1, 0.15) is 45.7 Å². The minimum absolute atomic E-state index is 0.139. The fourth-order valence-corrected chi connectivity index (χ4v) is 3.41. The van der Waals surface area contributed by atoms with Gasteiger partial charge >= 0.3 is 0 Å². The highest BCUT2D eigenvalue weighted by Crippen LogP contribution is 2.21. The first-order valence-electron chi connectivity index (χ1n) is 10.8. The molecule has 0 radical (unpaired) electrons. The van der Waals surface area contributed by atoms with Crippen LogP contribution < -0.4 is 11.1 Å². The van der Waals surface area contributed by atoms with E-state index in [4.69, 9.17) is 11.0 Å². The largest absolute Gasteiger partial charge is 0.334 e. The molecule has 2 amide bonds. The van der Waals surface area contributed by atoms with Gasteiger partial charge < -0.3 is 16.0 Å². The average molecular weight is 441 g/mol. The zero-order valence-electron chi connectivity index (χ0n) is 18.9. The number of rotatable bonds is 8. The van der Waals surface area contributed by atoms with E-state index in [1.807, 2.05) is 56.3 Å². The number of amides is 2. The third-order valence-corrected chi connectivity index (χ3v) is 5.31. The lowest BCUT2D eigenvalue weighted by molar-refractivity contribution is 0.0673. The van der Waals surface area contributed by atoms with Gasteiger partial charge in [-0.25, -0.2) is 0 Å². The first-order chi connectivity index (χ1) is 15.8. The minimum Gasteiger partial charge on any atom is -0.334 e. The van der Waals surface area contributed by atoms with Gasteiger partial charge in [-0.05, 0) is 66.1 Å². The molecule has 0 atom stereocenters. The minimum atomic E-state index is -0.276. The molecule has 0 fully saturated rings. The van der Waals surface area contributed by atoms with Crippen LogP contribution in [0.4, 0.5) is 5.69 Å². The first-order valence-corrected chi connectivity index (χ1v) is 10.8. The lowest BCUT2D eigenvalue weighted by Crippen LogP contribution is -2.41. The smallest absolute Gasteiger partial charge is 0.255 e. The zero-order valence-corrected chi connectivity index (χ0v) is 18.9. The van der Waals surface area contributed by atoms with Crippen molar-refractivity contribution in [3.63, 3.8) is 0 Å². The van der Waals surface area contributed by atoms with E-state index in [0.717, 1.165) is 5.56 Å². The molecule has 0 aromatic heterocycles. The standard InChI is InChI=1S/C27H28N4O2/c1-27(2,18-29)19-31(26(33)23-13-11-20(16-28)12-14-23)17-21-7-6-10-24(15-21)30-25(32)22-8-4-3-5-9-22/h3-15H,17-19,29H2,1-2H3,(H,30,32). The molecule has 3 aromatic carbocycles. The van der Waals surface area contributed by atoms with Crippen molar-refractivity contribution in [1.82, 2.24) is 4.90 Å². The molecule has 0 aliphatic carbocycles. The third-order valence-electron chi connectivity index (χ3n) is 5.31. The Morgan fingerprint density at radius 3 is 2.30 bits per heavy atom. The van der Waals surface area contributed by atoms with Gasteiger partial charge in [-0.1, -0.05) is 44.2 Å². The maximum atomic E-state index is 13.3. The Balaban J connectivity index is 1.81. The zero-order chi connectivity index (χ0) is 23.8. The van der Waals surface area contributed by atoms with Gasteiger partial charge in [0, 0.05) is 29.9 Å². The topological polar surface area (TPSA) is 99.2 Å². The number of carbonyl (C=O) groups is 2. The van der Waals surface area contributed by atoms with Gasteiger partial charge in [-0.3, -0.25) is 9.59 Å². The van der Waals surface area contributed by atoms with Crippen LogP contribution in [0, 0.1) is 16.7 Å². The first kappa shape index (κ1) is 23.7. The number of nitriles is 1. The molecule has 33 heavy (non-hydrogen) atoms. The summed E-state index contributed by atoms with van der Waals surface area (Å²) in [5, 5.41) is 11.9. The van der Waals surface area contributed by atoms with Gasteiger partial charge in [0.2, 0.25) is 0 Å². The lowest BCUT2D eigenvalue weighted by Gasteiger charge is -2.32. The summed E-state index contributed by atoms with van der Waals surface area (Å²) in [5.41, 5.74) is 8.79. The van der Waals surface area contributed by atoms with Gasteiger partial charge in [0.25, 0.3) is 11.8 Å². The fraction of sp³-hybridized carbons (Fsp3) is 0.222. The summed E-state index contributed by atoms with van der Waals surface area (Å²) < 4.78 is 0. The van der Waals surface area contributed by atoms with Crippen LogP contribution >= 0.6 is 0 Å². The number of nitrogens with one attached hydrogen (secondary N) is 1. The SMILES string of the molecule is CC(C)(CN)CN(Cc1cccc(NC(=O)c2ccccc2)c1)C(=O)c1ccc(C#N)cc1. The predicted octanol–water partition coefficient (Wildman–Crippen LogP) is 4.44. The highest BCUT2D eigenvalue weighted by atomic mass is 16.2. The van der Waals surface area contributed by atoms with E-state index in [9.17, 15) is 9.59 Å². The Hall–Kier alpha value is -3.95. The third kappa shape index (κ3) is 6.52. The van der Waals surface area contributed by atoms with E-state index in [0.29, 0.717) is 42.0 Å². The number of nitrogens with zero attached hydrogens (tertiary/aromatic N) is 2. The Kier molecular flexibility index (Phi) is 7.60. The molecule has 3 N–H and O–H groups in total. The van der Waals surface area contributed by atoms with E-state index in [1.54, 1.807) is 41.3 Å². The average Bonchev–Trinajstić information content (AvgIpc) is 2.84. The number of hydrogen-bond donors (Lipinski definition) is 2. The van der Waals surface area contributed by atoms with Crippen LogP contribution in [-0.2, 0) is 6.54 Å². The molecule has 0 heterocycles. The van der Waals surface area contributed by atoms with Crippen LogP contribution in [0.5, 0.6) is 0 Å². The summed E-state index contributed by atoms with van der Waals surface area (Å²) in [7, 11) is 0. The summed E-state index contributed by atoms with van der Waals surface area (Å²) in [6.45, 7) is 5.28. The molecule has 0 saturated heterocycles. The summed E-state index contributed by atoms with van der Waals surface area (Å²) in [4.78, 5) is 27.6. The number of anilines is 1. The monoisotopic (exact) mass is 440 g/mol. The summed E-state index contributed by atoms with van der Waals surface area (Å²) in [5.74, 6) is -0.331. The summed E-state index contributed by atoms with van der Waals surface area (Å²) in [6, 6.07) is 25.2. The maximum Gasteiger partial charge on any atom is 0.255 e. The van der Waals surface area contributed by atoms with Crippen molar-refractivity contribution in [1.29, 1.82) is 5.26 Å². The van der Waals surface area contributed by atoms with Gasteiger partial charge in [-0.2, -0.15) is 5.26 Å². The maximum absolute atomic E-state index is 13.3. The fourth-order valence-electron chi connectivity index (χ4n) is 3.41. The van der Waals surface area contributed by atoms with Gasteiger partial charge in [-0.15, -0.1) is 0 Å². The van der Waals surface area contributed by atoms with Crippen molar-refractivity contribution < 1.29 is 9.59 Å². The predicted molar refractivity (Wildman–Crippen MR) is 130 cm³/mol. The summed E-state index contributed by atoms with van der Waals surface area (Å²) >= 11 is 0. The molecule has 0 bridgehead atoms. The highest BCUT2D eigenvalue weighted by Gasteiger charge is 2.25. The molecule has 3 rings (SSSR count). The highest BCUT2D eigenvalue weighted by molar-refractivity contribution is 6.04. The summed E-state index contributed by atoms with van der Waals surface area (Å²) in [6.07, 6.45) is 0. The van der Waals surface area contributed by atoms with Crippen LogP contribution in [0.15, 0.2) is 78.9 Å². The second kappa shape index (κ2) is 10.6. The van der Waals surface area contributed by atoms with E-state index < -0.39 is 0 Å². The van der Waals surface area contributed by atoms with E-state index >= 15 is 0 Å². The van der Waals surface area contributed by atoms with Crippen molar-refractivity contribution in [2.45, 2.75) is 20.4 Å². The molecule has 0 aliphatic rings. The second-order valence-corrected chi connectivity index (χ2v) is 8.74. The quantitative estimate of drug-likeness (QED) is 0.541. The van der Waals surface area contributed by atoms with E-state index in [2.05, 4.69) is 11.4 Å². The Bertz CT molecular complexity index is 1150. The molecule has 0 saturated carbocycles. The van der Waals surface area contributed by atoms with Crippen molar-refractivity contribution in [3.05, 3.63) is 101 Å². The normalized spacial score (nSPS) is 10.8. The van der Waals surface area contributed by atoms with Crippen molar-refractivity contribution >= 4 is 17.5 Å². The molecule has 168 valence electrons. The number of carbonyl (C=O) groups excluding carboxylic acids is 2. The van der Waals surface area contributed by atoms with Crippen molar-refractivity contribution in [2.24, 2.45) is 11.1 Å². The molecule has 6 nitrogen and oxygen atoms in total. The Labute approximate surface area is 194 Å². The molecular formula is C27H28N4O2. The molecule has 0 aliphatic heterocycles. The Morgan fingerprint density at radius 1 is 0.970 bits per heavy atom. The van der Waals surface area contributed by atoms with Crippen molar-refractivity contribution in [3.8, 4) is 6.07 Å². The van der Waals surface area contributed by atoms with Crippen LogP contribution in [-0.4, -0.2) is 29.8 Å². The molecule has 0 unspecified atom stereocenters. The van der Waals surface area contributed by atoms with Gasteiger partial charge in [0.1, 0.15) is 0 Å². The molecule has 6 heteroatoms. The number of benzene rings is 3. The van der Waals surface area contributed by atoms with E-state index in [1.165, 1.54) is 0 Å².